The highest BCUT2D eigenvalue weighted by molar-refractivity contribution is 6.02. The van der Waals surface area contributed by atoms with E-state index >= 15 is 0 Å². The van der Waals surface area contributed by atoms with Crippen LogP contribution in [0.5, 0.6) is 0 Å². The van der Waals surface area contributed by atoms with Crippen molar-refractivity contribution in [2.45, 2.75) is 32.3 Å². The van der Waals surface area contributed by atoms with Crippen molar-refractivity contribution in [3.05, 3.63) is 89.0 Å². The molecule has 4 rings (SSSR count). The van der Waals surface area contributed by atoms with Gasteiger partial charge in [0.05, 0.1) is 11.3 Å². The highest BCUT2D eigenvalue weighted by Gasteiger charge is 2.29. The predicted molar refractivity (Wildman–Crippen MR) is 130 cm³/mol. The van der Waals surface area contributed by atoms with E-state index in [1.807, 2.05) is 43.3 Å². The molecule has 8 nitrogen and oxygen atoms in total. The summed E-state index contributed by atoms with van der Waals surface area (Å²) in [7, 11) is 0. The van der Waals surface area contributed by atoms with E-state index in [1.54, 1.807) is 18.2 Å². The maximum absolute atomic E-state index is 12.7. The summed E-state index contributed by atoms with van der Waals surface area (Å²) in [6.07, 6.45) is -1.27. The number of hydrogen-bond acceptors (Lipinski definition) is 5. The number of benzene rings is 3. The summed E-state index contributed by atoms with van der Waals surface area (Å²) in [5.74, 6) is -1.99. The minimum Gasteiger partial charge on any atom is -0.479 e. The first-order valence-electron chi connectivity index (χ1n) is 11.3. The molecular formula is C27H26N2O6. The Hall–Kier alpha value is -4.17. The van der Waals surface area contributed by atoms with Gasteiger partial charge in [0.15, 0.2) is 6.10 Å². The lowest BCUT2D eigenvalue weighted by molar-refractivity contribution is -0.152. The van der Waals surface area contributed by atoms with E-state index in [4.69, 9.17) is 14.7 Å². The van der Waals surface area contributed by atoms with Crippen molar-refractivity contribution < 1.29 is 29.1 Å². The molecule has 3 aromatic rings. The molecule has 180 valence electrons. The standard InChI is InChI=1S/C27H26N2O6/c1-3-17-12-13-24(22(14-17)25(30)29-35-16(2)26(31)32)28-27(33)34-15-23-20-10-6-4-8-18(20)19-9-5-7-11-21(19)23/h4-14,16,23H,3,15H2,1-2H3,(H,28,33)(H,29,30)(H,31,32). The first-order valence-corrected chi connectivity index (χ1v) is 11.3. The lowest BCUT2D eigenvalue weighted by atomic mass is 9.98. The molecule has 0 fully saturated rings. The third kappa shape index (κ3) is 5.17. The van der Waals surface area contributed by atoms with Gasteiger partial charge in [0.25, 0.3) is 5.91 Å². The van der Waals surface area contributed by atoms with Crippen LogP contribution in [0.25, 0.3) is 11.1 Å². The van der Waals surface area contributed by atoms with Gasteiger partial charge < -0.3 is 9.84 Å². The summed E-state index contributed by atoms with van der Waals surface area (Å²) in [5.41, 5.74) is 7.80. The molecule has 0 saturated carbocycles. The van der Waals surface area contributed by atoms with Crippen molar-refractivity contribution in [1.82, 2.24) is 5.48 Å². The van der Waals surface area contributed by atoms with Gasteiger partial charge in [-0.2, -0.15) is 0 Å². The number of carboxylic acids is 1. The van der Waals surface area contributed by atoms with Crippen molar-refractivity contribution in [2.75, 3.05) is 11.9 Å². The van der Waals surface area contributed by atoms with E-state index in [9.17, 15) is 14.4 Å². The van der Waals surface area contributed by atoms with Gasteiger partial charge in [-0.1, -0.05) is 61.5 Å². The molecule has 3 aromatic carbocycles. The molecule has 0 spiro atoms. The molecule has 35 heavy (non-hydrogen) atoms. The Morgan fingerprint density at radius 3 is 2.20 bits per heavy atom. The van der Waals surface area contributed by atoms with Gasteiger partial charge in [-0.3, -0.25) is 14.9 Å². The minimum absolute atomic E-state index is 0.0932. The largest absolute Gasteiger partial charge is 0.479 e. The van der Waals surface area contributed by atoms with Crippen LogP contribution in [-0.4, -0.2) is 35.8 Å². The number of carboxylic acid groups (broad SMARTS) is 1. The predicted octanol–water partition coefficient (Wildman–Crippen LogP) is 4.74. The summed E-state index contributed by atoms with van der Waals surface area (Å²) in [5, 5.41) is 11.6. The third-order valence-electron chi connectivity index (χ3n) is 5.99. The van der Waals surface area contributed by atoms with Crippen LogP contribution in [0, 0.1) is 0 Å². The van der Waals surface area contributed by atoms with E-state index in [-0.39, 0.29) is 23.8 Å². The Morgan fingerprint density at radius 1 is 0.971 bits per heavy atom. The molecule has 0 radical (unpaired) electrons. The summed E-state index contributed by atoms with van der Waals surface area (Å²) >= 11 is 0. The first-order chi connectivity index (χ1) is 16.9. The van der Waals surface area contributed by atoms with Crippen LogP contribution in [-0.2, 0) is 20.8 Å². The Kier molecular flexibility index (Phi) is 7.12. The zero-order chi connectivity index (χ0) is 24.9. The molecule has 0 aliphatic heterocycles. The molecule has 2 amide bonds. The van der Waals surface area contributed by atoms with Crippen molar-refractivity contribution >= 4 is 23.7 Å². The Morgan fingerprint density at radius 2 is 1.60 bits per heavy atom. The molecular weight excluding hydrogens is 448 g/mol. The topological polar surface area (TPSA) is 114 Å². The number of hydrogen-bond donors (Lipinski definition) is 3. The number of nitrogens with one attached hydrogen (secondary N) is 2. The molecule has 0 heterocycles. The molecule has 0 saturated heterocycles. The van der Waals surface area contributed by atoms with Gasteiger partial charge in [-0.25, -0.2) is 15.1 Å². The number of hydroxylamine groups is 1. The first kappa shape index (κ1) is 24.0. The number of carbonyl (C=O) groups is 3. The van der Waals surface area contributed by atoms with Gasteiger partial charge >= 0.3 is 12.1 Å². The average Bonchev–Trinajstić information content (AvgIpc) is 3.19. The Bertz CT molecular complexity index is 1230. The van der Waals surface area contributed by atoms with Crippen molar-refractivity contribution in [1.29, 1.82) is 0 Å². The molecule has 1 atom stereocenters. The molecule has 1 aliphatic rings. The van der Waals surface area contributed by atoms with E-state index < -0.39 is 24.1 Å². The molecule has 0 aromatic heterocycles. The normalized spacial score (nSPS) is 12.9. The molecule has 3 N–H and O–H groups in total. The van der Waals surface area contributed by atoms with Crippen molar-refractivity contribution in [2.24, 2.45) is 0 Å². The van der Waals surface area contributed by atoms with E-state index in [0.717, 1.165) is 27.8 Å². The van der Waals surface area contributed by atoms with Gasteiger partial charge in [-0.05, 0) is 53.3 Å². The number of amides is 2. The number of ether oxygens (including phenoxy) is 1. The van der Waals surface area contributed by atoms with E-state index in [0.29, 0.717) is 6.42 Å². The summed E-state index contributed by atoms with van der Waals surface area (Å²) < 4.78 is 5.57. The fourth-order valence-electron chi connectivity index (χ4n) is 4.10. The second-order valence-corrected chi connectivity index (χ2v) is 8.21. The van der Waals surface area contributed by atoms with Gasteiger partial charge in [0, 0.05) is 5.92 Å². The molecule has 1 unspecified atom stereocenters. The van der Waals surface area contributed by atoms with E-state index in [2.05, 4.69) is 22.9 Å². The monoisotopic (exact) mass is 474 g/mol. The fourth-order valence-corrected chi connectivity index (χ4v) is 4.10. The second kappa shape index (κ2) is 10.4. The zero-order valence-corrected chi connectivity index (χ0v) is 19.4. The fraction of sp³-hybridized carbons (Fsp3) is 0.222. The van der Waals surface area contributed by atoms with Crippen LogP contribution in [0.4, 0.5) is 10.5 Å². The van der Waals surface area contributed by atoms with Crippen LogP contribution < -0.4 is 10.8 Å². The van der Waals surface area contributed by atoms with Crippen LogP contribution in [0.15, 0.2) is 66.7 Å². The highest BCUT2D eigenvalue weighted by Crippen LogP contribution is 2.44. The number of aliphatic carboxylic acids is 1. The number of carbonyl (C=O) groups excluding carboxylic acids is 2. The minimum atomic E-state index is -1.23. The number of aryl methyl sites for hydroxylation is 1. The van der Waals surface area contributed by atoms with E-state index in [1.165, 1.54) is 6.92 Å². The zero-order valence-electron chi connectivity index (χ0n) is 19.4. The lowest BCUT2D eigenvalue weighted by Gasteiger charge is -2.16. The van der Waals surface area contributed by atoms with Crippen LogP contribution in [0.1, 0.15) is 46.8 Å². The van der Waals surface area contributed by atoms with Gasteiger partial charge in [0.1, 0.15) is 6.61 Å². The van der Waals surface area contributed by atoms with Crippen LogP contribution in [0.2, 0.25) is 0 Å². The van der Waals surface area contributed by atoms with Crippen LogP contribution in [0.3, 0.4) is 0 Å². The smallest absolute Gasteiger partial charge is 0.411 e. The summed E-state index contributed by atoms with van der Waals surface area (Å²) in [4.78, 5) is 41.2. The quantitative estimate of drug-likeness (QED) is 0.406. The average molecular weight is 475 g/mol. The maximum Gasteiger partial charge on any atom is 0.411 e. The maximum atomic E-state index is 12.7. The number of rotatable bonds is 8. The second-order valence-electron chi connectivity index (χ2n) is 8.21. The van der Waals surface area contributed by atoms with Crippen molar-refractivity contribution in [3.63, 3.8) is 0 Å². The summed E-state index contributed by atoms with van der Waals surface area (Å²) in [6, 6.07) is 21.1. The van der Waals surface area contributed by atoms with Crippen molar-refractivity contribution in [3.8, 4) is 11.1 Å². The molecule has 8 heteroatoms. The third-order valence-corrected chi connectivity index (χ3v) is 5.99. The lowest BCUT2D eigenvalue weighted by Crippen LogP contribution is -2.33. The number of fused-ring (bicyclic) bond motifs is 3. The van der Waals surface area contributed by atoms with Gasteiger partial charge in [0.2, 0.25) is 0 Å². The Balaban J connectivity index is 1.47. The highest BCUT2D eigenvalue weighted by atomic mass is 16.7. The Labute approximate surface area is 202 Å². The SMILES string of the molecule is CCc1ccc(NC(=O)OCC2c3ccccc3-c3ccccc32)c(C(=O)NOC(C)C(=O)O)c1. The van der Waals surface area contributed by atoms with Crippen LogP contribution >= 0.6 is 0 Å². The number of anilines is 1. The summed E-state index contributed by atoms with van der Waals surface area (Å²) in [6.45, 7) is 3.35. The molecule has 0 bridgehead atoms. The van der Waals surface area contributed by atoms with Gasteiger partial charge in [-0.15, -0.1) is 0 Å². The molecule has 1 aliphatic carbocycles.